The number of aromatic nitrogens is 2. The van der Waals surface area contributed by atoms with Gasteiger partial charge in [0.15, 0.2) is 0 Å². The number of hydrogen-bond donors (Lipinski definition) is 3. The lowest BCUT2D eigenvalue weighted by Gasteiger charge is -2.28. The van der Waals surface area contributed by atoms with Gasteiger partial charge >= 0.3 is 6.03 Å². The van der Waals surface area contributed by atoms with E-state index in [0.29, 0.717) is 5.82 Å². The highest BCUT2D eigenvalue weighted by Gasteiger charge is 2.25. The van der Waals surface area contributed by atoms with E-state index in [9.17, 15) is 9.90 Å². The fourth-order valence-electron chi connectivity index (χ4n) is 3.18. The zero-order chi connectivity index (χ0) is 15.5. The molecule has 7 heteroatoms. The van der Waals surface area contributed by atoms with Crippen LogP contribution in [0.15, 0.2) is 6.07 Å². The number of aliphatic hydroxyl groups is 1. The summed E-state index contributed by atoms with van der Waals surface area (Å²) in [7, 11) is 1.80. The number of urea groups is 1. The topological polar surface area (TPSA) is 88.4 Å². The predicted octanol–water partition coefficient (Wildman–Crippen LogP) is 1.70. The molecule has 0 aromatic carbocycles. The minimum Gasteiger partial charge on any atom is -0.391 e. The summed E-state index contributed by atoms with van der Waals surface area (Å²) < 4.78 is 7.26. The molecule has 2 amide bonds. The number of anilines is 1. The van der Waals surface area contributed by atoms with E-state index in [-0.39, 0.29) is 18.2 Å². The number of amides is 2. The molecule has 122 valence electrons. The van der Waals surface area contributed by atoms with Gasteiger partial charge in [-0.15, -0.1) is 0 Å². The van der Waals surface area contributed by atoms with Gasteiger partial charge < -0.3 is 15.2 Å². The van der Waals surface area contributed by atoms with Gasteiger partial charge in [-0.25, -0.2) is 4.79 Å². The smallest absolute Gasteiger partial charge is 0.320 e. The van der Waals surface area contributed by atoms with Crippen LogP contribution in [0.2, 0.25) is 0 Å². The monoisotopic (exact) mass is 308 g/mol. The van der Waals surface area contributed by atoms with Crippen molar-refractivity contribution in [1.82, 2.24) is 15.1 Å². The van der Waals surface area contributed by atoms with Crippen LogP contribution in [0.3, 0.4) is 0 Å². The normalized spacial score (nSPS) is 28.5. The van der Waals surface area contributed by atoms with Crippen LogP contribution in [0, 0.1) is 0 Å². The molecular weight excluding hydrogens is 284 g/mol. The Morgan fingerprint density at radius 2 is 2.18 bits per heavy atom. The van der Waals surface area contributed by atoms with Crippen LogP contribution in [0.25, 0.3) is 0 Å². The summed E-state index contributed by atoms with van der Waals surface area (Å²) >= 11 is 0. The summed E-state index contributed by atoms with van der Waals surface area (Å²) in [5.74, 6) is 0.633. The summed E-state index contributed by atoms with van der Waals surface area (Å²) in [5, 5.41) is 20.0. The Labute approximate surface area is 130 Å². The number of carbonyl (C=O) groups excluding carboxylic acids is 1. The van der Waals surface area contributed by atoms with Gasteiger partial charge in [0, 0.05) is 19.7 Å². The van der Waals surface area contributed by atoms with Crippen LogP contribution in [-0.2, 0) is 11.8 Å². The highest BCUT2D eigenvalue weighted by atomic mass is 16.5. The van der Waals surface area contributed by atoms with Crippen molar-refractivity contribution in [1.29, 1.82) is 0 Å². The Morgan fingerprint density at radius 3 is 2.91 bits per heavy atom. The number of nitrogens with one attached hydrogen (secondary N) is 2. The molecule has 1 aliphatic heterocycles. The van der Waals surface area contributed by atoms with Crippen molar-refractivity contribution in [3.8, 4) is 0 Å². The molecule has 1 saturated carbocycles. The number of aryl methyl sites for hydroxylation is 1. The summed E-state index contributed by atoms with van der Waals surface area (Å²) in [6.45, 7) is 0.768. The molecule has 0 radical (unpaired) electrons. The highest BCUT2D eigenvalue weighted by Crippen LogP contribution is 2.28. The average Bonchev–Trinajstić information content (AvgIpc) is 3.12. The van der Waals surface area contributed by atoms with E-state index in [4.69, 9.17) is 4.74 Å². The number of aliphatic hydroxyl groups excluding tert-OH is 1. The molecule has 0 spiro atoms. The Kier molecular flexibility index (Phi) is 4.63. The van der Waals surface area contributed by atoms with Gasteiger partial charge in [-0.05, 0) is 25.7 Å². The van der Waals surface area contributed by atoms with Crippen LogP contribution >= 0.6 is 0 Å². The Bertz CT molecular complexity index is 525. The number of nitrogens with zero attached hydrogens (tertiary/aromatic N) is 2. The van der Waals surface area contributed by atoms with E-state index in [1.54, 1.807) is 11.7 Å². The van der Waals surface area contributed by atoms with Crippen molar-refractivity contribution in [2.24, 2.45) is 7.05 Å². The van der Waals surface area contributed by atoms with Crippen molar-refractivity contribution in [2.45, 2.75) is 56.8 Å². The summed E-state index contributed by atoms with van der Waals surface area (Å²) in [4.78, 5) is 12.1. The first-order chi connectivity index (χ1) is 10.6. The van der Waals surface area contributed by atoms with Gasteiger partial charge in [0.05, 0.1) is 17.8 Å². The largest absolute Gasteiger partial charge is 0.391 e. The van der Waals surface area contributed by atoms with Crippen molar-refractivity contribution in [3.63, 3.8) is 0 Å². The lowest BCUT2D eigenvalue weighted by Crippen LogP contribution is -2.46. The van der Waals surface area contributed by atoms with E-state index in [1.807, 2.05) is 6.07 Å². The molecule has 7 nitrogen and oxygen atoms in total. The SMILES string of the molecule is Cn1nc(C2CCCO2)cc1NC(=O)N[C@@H]1CCCC[C@H]1O. The second kappa shape index (κ2) is 6.66. The minimum atomic E-state index is -0.450. The highest BCUT2D eigenvalue weighted by molar-refractivity contribution is 5.88. The fraction of sp³-hybridized carbons (Fsp3) is 0.733. The number of carbonyl (C=O) groups is 1. The molecule has 3 rings (SSSR count). The van der Waals surface area contributed by atoms with Crippen LogP contribution in [0.5, 0.6) is 0 Å². The number of rotatable bonds is 3. The van der Waals surface area contributed by atoms with E-state index in [1.165, 1.54) is 0 Å². The van der Waals surface area contributed by atoms with E-state index < -0.39 is 6.10 Å². The Hall–Kier alpha value is -1.60. The molecule has 3 atom stereocenters. The lowest BCUT2D eigenvalue weighted by atomic mass is 9.93. The zero-order valence-electron chi connectivity index (χ0n) is 12.9. The van der Waals surface area contributed by atoms with Gasteiger partial charge in [-0.1, -0.05) is 12.8 Å². The predicted molar refractivity (Wildman–Crippen MR) is 81.6 cm³/mol. The first-order valence-corrected chi connectivity index (χ1v) is 8.04. The summed E-state index contributed by atoms with van der Waals surface area (Å²) in [5.41, 5.74) is 0.855. The molecular formula is C15H24N4O3. The van der Waals surface area contributed by atoms with Crippen molar-refractivity contribution in [2.75, 3.05) is 11.9 Å². The van der Waals surface area contributed by atoms with Gasteiger partial charge in [-0.2, -0.15) is 5.10 Å². The van der Waals surface area contributed by atoms with Gasteiger partial charge in [0.1, 0.15) is 11.9 Å². The van der Waals surface area contributed by atoms with E-state index in [2.05, 4.69) is 15.7 Å². The maximum Gasteiger partial charge on any atom is 0.320 e. The van der Waals surface area contributed by atoms with Crippen LogP contribution in [0.4, 0.5) is 10.6 Å². The molecule has 2 fully saturated rings. The lowest BCUT2D eigenvalue weighted by molar-refractivity contribution is 0.0955. The zero-order valence-corrected chi connectivity index (χ0v) is 12.9. The fourth-order valence-corrected chi connectivity index (χ4v) is 3.18. The minimum absolute atomic E-state index is 0.0324. The van der Waals surface area contributed by atoms with E-state index in [0.717, 1.165) is 50.8 Å². The molecule has 2 heterocycles. The molecule has 1 aromatic rings. The summed E-state index contributed by atoms with van der Waals surface area (Å²) in [6, 6.07) is 1.39. The average molecular weight is 308 g/mol. The van der Waals surface area contributed by atoms with Crippen molar-refractivity contribution < 1.29 is 14.6 Å². The quantitative estimate of drug-likeness (QED) is 0.793. The van der Waals surface area contributed by atoms with E-state index >= 15 is 0 Å². The maximum absolute atomic E-state index is 12.1. The first-order valence-electron chi connectivity index (χ1n) is 8.04. The maximum atomic E-state index is 12.1. The van der Waals surface area contributed by atoms with Crippen LogP contribution in [0.1, 0.15) is 50.3 Å². The third kappa shape index (κ3) is 3.41. The number of ether oxygens (including phenoxy) is 1. The second-order valence-electron chi connectivity index (χ2n) is 6.14. The van der Waals surface area contributed by atoms with Gasteiger partial charge in [-0.3, -0.25) is 10.00 Å². The van der Waals surface area contributed by atoms with Crippen LogP contribution < -0.4 is 10.6 Å². The molecule has 1 unspecified atom stereocenters. The van der Waals surface area contributed by atoms with Gasteiger partial charge in [0.2, 0.25) is 0 Å². The molecule has 22 heavy (non-hydrogen) atoms. The number of hydrogen-bond acceptors (Lipinski definition) is 4. The first kappa shape index (κ1) is 15.3. The third-order valence-electron chi connectivity index (χ3n) is 4.45. The van der Waals surface area contributed by atoms with Crippen molar-refractivity contribution >= 4 is 11.8 Å². The molecule has 2 aliphatic rings. The Balaban J connectivity index is 1.58. The third-order valence-corrected chi connectivity index (χ3v) is 4.45. The molecule has 1 saturated heterocycles. The molecule has 3 N–H and O–H groups in total. The Morgan fingerprint density at radius 1 is 1.36 bits per heavy atom. The second-order valence-corrected chi connectivity index (χ2v) is 6.14. The van der Waals surface area contributed by atoms with Crippen LogP contribution in [-0.4, -0.2) is 39.7 Å². The molecule has 0 bridgehead atoms. The standard InChI is InChI=1S/C15H24N4O3/c1-19-14(9-11(18-19)13-7-4-8-22-13)17-15(21)16-10-5-2-3-6-12(10)20/h9-10,12-13,20H,2-8H2,1H3,(H2,16,17,21)/t10-,12-,13?/m1/s1. The van der Waals surface area contributed by atoms with Crippen molar-refractivity contribution in [3.05, 3.63) is 11.8 Å². The van der Waals surface area contributed by atoms with Gasteiger partial charge in [0.25, 0.3) is 0 Å². The molecule has 1 aromatic heterocycles. The summed E-state index contributed by atoms with van der Waals surface area (Å²) in [6.07, 6.45) is 5.23. The molecule has 1 aliphatic carbocycles.